The molecule has 1 N–H and O–H groups in total. The van der Waals surface area contributed by atoms with E-state index in [2.05, 4.69) is 0 Å². The summed E-state index contributed by atoms with van der Waals surface area (Å²) in [7, 11) is -2.57. The lowest BCUT2D eigenvalue weighted by Gasteiger charge is -2.19. The van der Waals surface area contributed by atoms with Crippen LogP contribution >= 0.6 is 11.6 Å². The van der Waals surface area contributed by atoms with Gasteiger partial charge in [-0.2, -0.15) is 0 Å². The molecular weight excluding hydrogens is 306 g/mol. The first-order valence-electron chi connectivity index (χ1n) is 5.82. The second-order valence-electron chi connectivity index (χ2n) is 4.13. The first-order valence-corrected chi connectivity index (χ1v) is 7.70. The Labute approximate surface area is 123 Å². The van der Waals surface area contributed by atoms with Crippen molar-refractivity contribution in [3.63, 3.8) is 0 Å². The highest BCUT2D eigenvalue weighted by Gasteiger charge is 2.31. The van der Waals surface area contributed by atoms with Gasteiger partial charge in [-0.05, 0) is 19.1 Å². The number of halogens is 1. The highest BCUT2D eigenvalue weighted by molar-refractivity contribution is 7.90. The number of carboxylic acid groups (broad SMARTS) is 1. The Kier molecular flexibility index (Phi) is 5.79. The maximum atomic E-state index is 11.8. The molecule has 0 heterocycles. The summed E-state index contributed by atoms with van der Waals surface area (Å²) in [5, 5.41) is 7.69. The second-order valence-corrected chi connectivity index (χ2v) is 6.89. The Hall–Kier alpha value is -1.31. The first kappa shape index (κ1) is 16.7. The van der Waals surface area contributed by atoms with Crippen molar-refractivity contribution in [2.75, 3.05) is 20.2 Å². The monoisotopic (exact) mass is 321 g/mol. The average Bonchev–Trinajstić information content (AvgIpc) is 2.39. The van der Waals surface area contributed by atoms with Crippen LogP contribution in [-0.4, -0.2) is 49.2 Å². The predicted molar refractivity (Wildman–Crippen MR) is 75.6 cm³/mol. The maximum Gasteiger partial charge on any atom is 0.323 e. The van der Waals surface area contributed by atoms with Crippen molar-refractivity contribution >= 4 is 27.6 Å². The molecule has 1 aromatic carbocycles. The molecule has 1 atom stereocenters. The zero-order valence-corrected chi connectivity index (χ0v) is 12.7. The number of aliphatic carboxylic acids is 1. The van der Waals surface area contributed by atoms with Crippen molar-refractivity contribution in [3.05, 3.63) is 29.3 Å². The number of carboxylic acids is 1. The molecule has 6 nitrogen and oxygen atoms in total. The third-order valence-corrected chi connectivity index (χ3v) is 5.19. The summed E-state index contributed by atoms with van der Waals surface area (Å²) < 4.78 is 30.0. The lowest BCUT2D eigenvalue weighted by Crippen LogP contribution is -2.40. The summed E-state index contributed by atoms with van der Waals surface area (Å²) in [4.78, 5) is 10.7. The zero-order chi connectivity index (χ0) is 15.3. The number of sulfonamides is 1. The van der Waals surface area contributed by atoms with E-state index in [0.29, 0.717) is 10.8 Å². The SMILES string of the molecule is CC(C(=O)O)S(=O)(=O)N(C)CCOc1ccccc1Cl. The Morgan fingerprint density at radius 1 is 1.45 bits per heavy atom. The molecule has 0 aliphatic heterocycles. The van der Waals surface area contributed by atoms with Crippen LogP contribution in [0.3, 0.4) is 0 Å². The van der Waals surface area contributed by atoms with Crippen molar-refractivity contribution < 1.29 is 23.1 Å². The Morgan fingerprint density at radius 3 is 2.60 bits per heavy atom. The third kappa shape index (κ3) is 4.09. The van der Waals surface area contributed by atoms with Crippen LogP contribution in [-0.2, 0) is 14.8 Å². The molecule has 20 heavy (non-hydrogen) atoms. The van der Waals surface area contributed by atoms with Gasteiger partial charge in [0.15, 0.2) is 5.25 Å². The quantitative estimate of drug-likeness (QED) is 0.821. The van der Waals surface area contributed by atoms with Gasteiger partial charge in [0.25, 0.3) is 0 Å². The number of nitrogens with zero attached hydrogens (tertiary/aromatic N) is 1. The number of carbonyl (C=O) groups is 1. The number of para-hydroxylation sites is 1. The number of rotatable bonds is 7. The molecule has 1 rings (SSSR count). The fourth-order valence-corrected chi connectivity index (χ4v) is 2.68. The molecule has 0 spiro atoms. The van der Waals surface area contributed by atoms with E-state index in [1.165, 1.54) is 7.05 Å². The summed E-state index contributed by atoms with van der Waals surface area (Å²) in [6.45, 7) is 1.24. The molecule has 0 saturated carbocycles. The van der Waals surface area contributed by atoms with Crippen molar-refractivity contribution in [1.82, 2.24) is 4.31 Å². The standard InChI is InChI=1S/C12H16ClNO5S/c1-9(12(15)16)20(17,18)14(2)7-8-19-11-6-4-3-5-10(11)13/h3-6,9H,7-8H2,1-2H3,(H,15,16). The van der Waals surface area contributed by atoms with Crippen molar-refractivity contribution in [2.45, 2.75) is 12.2 Å². The van der Waals surface area contributed by atoms with Crippen molar-refractivity contribution in [2.24, 2.45) is 0 Å². The third-order valence-electron chi connectivity index (χ3n) is 2.73. The zero-order valence-electron chi connectivity index (χ0n) is 11.1. The van der Waals surface area contributed by atoms with Gasteiger partial charge in [0.2, 0.25) is 10.0 Å². The second kappa shape index (κ2) is 6.92. The fraction of sp³-hybridized carbons (Fsp3) is 0.417. The number of hydrogen-bond donors (Lipinski definition) is 1. The molecule has 0 aliphatic carbocycles. The number of hydrogen-bond acceptors (Lipinski definition) is 4. The summed E-state index contributed by atoms with van der Waals surface area (Å²) in [6.07, 6.45) is 0. The van der Waals surface area contributed by atoms with E-state index >= 15 is 0 Å². The highest BCUT2D eigenvalue weighted by atomic mass is 35.5. The van der Waals surface area contributed by atoms with E-state index in [9.17, 15) is 13.2 Å². The lowest BCUT2D eigenvalue weighted by molar-refractivity contribution is -0.136. The van der Waals surface area contributed by atoms with Crippen LogP contribution in [0.2, 0.25) is 5.02 Å². The molecule has 1 unspecified atom stereocenters. The summed E-state index contributed by atoms with van der Waals surface area (Å²) in [5.74, 6) is -0.935. The molecule has 0 saturated heterocycles. The van der Waals surface area contributed by atoms with Gasteiger partial charge in [-0.25, -0.2) is 12.7 Å². The number of benzene rings is 1. The van der Waals surface area contributed by atoms with Crippen LogP contribution in [0.5, 0.6) is 5.75 Å². The Bertz CT molecular complexity index is 575. The summed E-state index contributed by atoms with van der Waals surface area (Å²) in [6, 6.07) is 6.81. The van der Waals surface area contributed by atoms with Gasteiger partial charge >= 0.3 is 5.97 Å². The molecule has 0 fully saturated rings. The van der Waals surface area contributed by atoms with Crippen molar-refractivity contribution in [3.8, 4) is 5.75 Å². The lowest BCUT2D eigenvalue weighted by atomic mass is 10.3. The molecule has 0 amide bonds. The van der Waals surface area contributed by atoms with E-state index in [4.69, 9.17) is 21.4 Å². The van der Waals surface area contributed by atoms with E-state index in [1.807, 2.05) is 0 Å². The maximum absolute atomic E-state index is 11.8. The molecule has 112 valence electrons. The molecule has 0 bridgehead atoms. The van der Waals surface area contributed by atoms with Gasteiger partial charge < -0.3 is 9.84 Å². The van der Waals surface area contributed by atoms with E-state index in [-0.39, 0.29) is 13.2 Å². The predicted octanol–water partition coefficient (Wildman–Crippen LogP) is 1.45. The van der Waals surface area contributed by atoms with Gasteiger partial charge in [-0.15, -0.1) is 0 Å². The topological polar surface area (TPSA) is 83.9 Å². The Balaban J connectivity index is 2.58. The smallest absolute Gasteiger partial charge is 0.323 e. The normalized spacial score (nSPS) is 13.2. The average molecular weight is 322 g/mol. The first-order chi connectivity index (χ1) is 9.26. The minimum Gasteiger partial charge on any atom is -0.491 e. The van der Waals surface area contributed by atoms with Gasteiger partial charge in [0.1, 0.15) is 12.4 Å². The van der Waals surface area contributed by atoms with E-state index in [0.717, 1.165) is 11.2 Å². The van der Waals surface area contributed by atoms with Crippen LogP contribution in [0.25, 0.3) is 0 Å². The van der Waals surface area contributed by atoms with Gasteiger partial charge in [0.05, 0.1) is 5.02 Å². The fourth-order valence-electron chi connectivity index (χ4n) is 1.37. The minimum absolute atomic E-state index is 0.0329. The summed E-state index contributed by atoms with van der Waals surface area (Å²) in [5.41, 5.74) is 0. The van der Waals surface area contributed by atoms with Gasteiger partial charge in [-0.3, -0.25) is 4.79 Å². The summed E-state index contributed by atoms with van der Waals surface area (Å²) >= 11 is 5.89. The van der Waals surface area contributed by atoms with Crippen LogP contribution < -0.4 is 4.74 Å². The van der Waals surface area contributed by atoms with Crippen molar-refractivity contribution in [1.29, 1.82) is 0 Å². The van der Waals surface area contributed by atoms with Gasteiger partial charge in [0, 0.05) is 13.6 Å². The van der Waals surface area contributed by atoms with Crippen LogP contribution in [0.1, 0.15) is 6.92 Å². The molecule has 8 heteroatoms. The van der Waals surface area contributed by atoms with Crippen LogP contribution in [0.4, 0.5) is 0 Å². The molecule has 0 radical (unpaired) electrons. The van der Waals surface area contributed by atoms with E-state index < -0.39 is 21.2 Å². The van der Waals surface area contributed by atoms with Crippen LogP contribution in [0.15, 0.2) is 24.3 Å². The number of likely N-dealkylation sites (N-methyl/N-ethyl adjacent to an activating group) is 1. The van der Waals surface area contributed by atoms with E-state index in [1.54, 1.807) is 24.3 Å². The number of ether oxygens (including phenoxy) is 1. The van der Waals surface area contributed by atoms with Crippen LogP contribution in [0, 0.1) is 0 Å². The minimum atomic E-state index is -3.88. The highest BCUT2D eigenvalue weighted by Crippen LogP contribution is 2.22. The molecular formula is C12H16ClNO5S. The molecule has 1 aromatic rings. The molecule has 0 aromatic heterocycles. The molecule has 0 aliphatic rings. The largest absolute Gasteiger partial charge is 0.491 e. The van der Waals surface area contributed by atoms with Gasteiger partial charge in [-0.1, -0.05) is 23.7 Å². The Morgan fingerprint density at radius 2 is 2.05 bits per heavy atom.